The summed E-state index contributed by atoms with van der Waals surface area (Å²) in [5.41, 5.74) is 0.487. The first-order valence-corrected chi connectivity index (χ1v) is 11.7. The second-order valence-corrected chi connectivity index (χ2v) is 9.05. The summed E-state index contributed by atoms with van der Waals surface area (Å²) in [6.45, 7) is -0.126. The van der Waals surface area contributed by atoms with Crippen LogP contribution in [-0.2, 0) is 29.1 Å². The van der Waals surface area contributed by atoms with Gasteiger partial charge in [-0.25, -0.2) is 17.9 Å². The SMILES string of the molecule is COCCNS(=O)(=O)c1ccc(OCC(=O)N2CC(C(=O)OC)Oc3ccccc32)c(Cl)c1. The Labute approximate surface area is 196 Å². The molecule has 1 aliphatic heterocycles. The number of halogens is 1. The summed E-state index contributed by atoms with van der Waals surface area (Å²) in [6.07, 6.45) is -0.979. The fourth-order valence-electron chi connectivity index (χ4n) is 3.07. The molecule has 0 spiro atoms. The van der Waals surface area contributed by atoms with Gasteiger partial charge in [0.25, 0.3) is 5.91 Å². The molecule has 1 N–H and O–H groups in total. The molecule has 0 bridgehead atoms. The van der Waals surface area contributed by atoms with E-state index in [9.17, 15) is 18.0 Å². The van der Waals surface area contributed by atoms with E-state index in [1.54, 1.807) is 24.3 Å². The van der Waals surface area contributed by atoms with Crippen LogP contribution in [0.15, 0.2) is 47.4 Å². The number of hydrogen-bond donors (Lipinski definition) is 1. The number of nitrogens with one attached hydrogen (secondary N) is 1. The summed E-state index contributed by atoms with van der Waals surface area (Å²) in [6, 6.07) is 10.7. The van der Waals surface area contributed by atoms with Gasteiger partial charge in [-0.15, -0.1) is 0 Å². The average molecular weight is 499 g/mol. The quantitative estimate of drug-likeness (QED) is 0.409. The van der Waals surface area contributed by atoms with E-state index in [-0.39, 0.29) is 35.4 Å². The van der Waals surface area contributed by atoms with Gasteiger partial charge in [-0.3, -0.25) is 4.79 Å². The first kappa shape index (κ1) is 24.8. The van der Waals surface area contributed by atoms with Crippen molar-refractivity contribution >= 4 is 39.2 Å². The molecule has 3 rings (SSSR count). The lowest BCUT2D eigenvalue weighted by Crippen LogP contribution is -2.48. The maximum Gasteiger partial charge on any atom is 0.348 e. The first-order valence-electron chi connectivity index (χ1n) is 9.81. The highest BCUT2D eigenvalue weighted by atomic mass is 35.5. The summed E-state index contributed by atoms with van der Waals surface area (Å²) < 4.78 is 47.7. The van der Waals surface area contributed by atoms with Gasteiger partial charge in [0.2, 0.25) is 16.1 Å². The van der Waals surface area contributed by atoms with Crippen molar-refractivity contribution in [3.05, 3.63) is 47.5 Å². The van der Waals surface area contributed by atoms with E-state index in [1.807, 2.05) is 0 Å². The standard InChI is InChI=1S/C21H23ClN2O8S/c1-29-10-9-23-33(27,28)14-7-8-17(15(22)11-14)31-13-20(25)24-12-19(21(26)30-2)32-18-6-4-3-5-16(18)24/h3-8,11,19,23H,9-10,12-13H2,1-2H3. The number of amides is 1. The predicted molar refractivity (Wildman–Crippen MR) is 119 cm³/mol. The third-order valence-electron chi connectivity index (χ3n) is 4.70. The number of anilines is 1. The van der Waals surface area contributed by atoms with Crippen LogP contribution in [0.25, 0.3) is 0 Å². The van der Waals surface area contributed by atoms with Gasteiger partial charge >= 0.3 is 5.97 Å². The van der Waals surface area contributed by atoms with Gasteiger partial charge < -0.3 is 23.8 Å². The van der Waals surface area contributed by atoms with Crippen molar-refractivity contribution in [3.63, 3.8) is 0 Å². The van der Waals surface area contributed by atoms with E-state index >= 15 is 0 Å². The van der Waals surface area contributed by atoms with Crippen LogP contribution < -0.4 is 19.1 Å². The summed E-state index contributed by atoms with van der Waals surface area (Å²) in [5, 5.41) is 0.0206. The molecule has 2 aromatic rings. The van der Waals surface area contributed by atoms with Crippen molar-refractivity contribution in [2.24, 2.45) is 0 Å². The van der Waals surface area contributed by atoms with E-state index in [0.717, 1.165) is 0 Å². The minimum Gasteiger partial charge on any atom is -0.482 e. The van der Waals surface area contributed by atoms with Crippen LogP contribution in [0.5, 0.6) is 11.5 Å². The number of carbonyl (C=O) groups excluding carboxylic acids is 2. The molecular formula is C21H23ClN2O8S. The molecule has 0 fully saturated rings. The van der Waals surface area contributed by atoms with E-state index in [4.69, 9.17) is 30.5 Å². The molecule has 178 valence electrons. The molecule has 0 aliphatic carbocycles. The first-order chi connectivity index (χ1) is 15.8. The second kappa shape index (κ2) is 10.8. The molecule has 1 aliphatic rings. The Hall–Kier alpha value is -2.86. The number of rotatable bonds is 9. The molecule has 1 unspecified atom stereocenters. The topological polar surface area (TPSA) is 120 Å². The number of esters is 1. The molecule has 10 nitrogen and oxygen atoms in total. The molecule has 1 amide bonds. The minimum atomic E-state index is -3.77. The molecular weight excluding hydrogens is 476 g/mol. The molecule has 12 heteroatoms. The fourth-order valence-corrected chi connectivity index (χ4v) is 4.41. The Kier molecular flexibility index (Phi) is 8.14. The smallest absolute Gasteiger partial charge is 0.348 e. The lowest BCUT2D eigenvalue weighted by molar-refractivity contribution is -0.148. The summed E-state index contributed by atoms with van der Waals surface area (Å²) >= 11 is 6.18. The number of fused-ring (bicyclic) bond motifs is 1. The number of para-hydroxylation sites is 2. The number of sulfonamides is 1. The summed E-state index contributed by atoms with van der Waals surface area (Å²) in [5.74, 6) is -0.566. The van der Waals surface area contributed by atoms with Crippen molar-refractivity contribution in [2.45, 2.75) is 11.0 Å². The Bertz CT molecular complexity index is 1120. The molecule has 1 atom stereocenters. The van der Waals surface area contributed by atoms with Crippen LogP contribution in [0.2, 0.25) is 5.02 Å². The normalized spacial score (nSPS) is 15.4. The van der Waals surface area contributed by atoms with E-state index in [2.05, 4.69) is 4.72 Å². The fraction of sp³-hybridized carbons (Fsp3) is 0.333. The maximum absolute atomic E-state index is 12.9. The zero-order valence-electron chi connectivity index (χ0n) is 17.9. The molecule has 0 aromatic heterocycles. The molecule has 0 saturated heterocycles. The van der Waals surface area contributed by atoms with Gasteiger partial charge in [-0.05, 0) is 30.3 Å². The number of methoxy groups -OCH3 is 2. The number of ether oxygens (including phenoxy) is 4. The third kappa shape index (κ3) is 5.93. The zero-order valence-corrected chi connectivity index (χ0v) is 19.5. The zero-order chi connectivity index (χ0) is 24.0. The number of carbonyl (C=O) groups is 2. The van der Waals surface area contributed by atoms with Gasteiger partial charge in [0.05, 0.1) is 35.9 Å². The third-order valence-corrected chi connectivity index (χ3v) is 6.46. The van der Waals surface area contributed by atoms with Crippen LogP contribution in [0.4, 0.5) is 5.69 Å². The monoisotopic (exact) mass is 498 g/mol. The van der Waals surface area contributed by atoms with Crippen molar-refractivity contribution < 1.29 is 37.0 Å². The Balaban J connectivity index is 1.71. The van der Waals surface area contributed by atoms with Gasteiger partial charge in [0.15, 0.2) is 6.61 Å². The van der Waals surface area contributed by atoms with E-state index < -0.39 is 34.6 Å². The van der Waals surface area contributed by atoms with E-state index in [1.165, 1.54) is 37.3 Å². The van der Waals surface area contributed by atoms with Gasteiger partial charge in [0.1, 0.15) is 11.5 Å². The summed E-state index contributed by atoms with van der Waals surface area (Å²) in [4.78, 5) is 26.2. The van der Waals surface area contributed by atoms with Crippen molar-refractivity contribution in [2.75, 3.05) is 45.4 Å². The number of benzene rings is 2. The van der Waals surface area contributed by atoms with Crippen LogP contribution in [0.3, 0.4) is 0 Å². The second-order valence-electron chi connectivity index (χ2n) is 6.87. The molecule has 2 aromatic carbocycles. The highest BCUT2D eigenvalue weighted by molar-refractivity contribution is 7.89. The van der Waals surface area contributed by atoms with Crippen LogP contribution in [0, 0.1) is 0 Å². The molecule has 0 saturated carbocycles. The van der Waals surface area contributed by atoms with Crippen LogP contribution in [0.1, 0.15) is 0 Å². The minimum absolute atomic E-state index is 0.0206. The Morgan fingerprint density at radius 1 is 1.21 bits per heavy atom. The largest absolute Gasteiger partial charge is 0.482 e. The number of hydrogen-bond acceptors (Lipinski definition) is 8. The maximum atomic E-state index is 12.9. The van der Waals surface area contributed by atoms with E-state index in [0.29, 0.717) is 11.4 Å². The number of nitrogens with zero attached hydrogens (tertiary/aromatic N) is 1. The van der Waals surface area contributed by atoms with Gasteiger partial charge in [0, 0.05) is 13.7 Å². The molecule has 1 heterocycles. The van der Waals surface area contributed by atoms with Crippen molar-refractivity contribution in [3.8, 4) is 11.5 Å². The highest BCUT2D eigenvalue weighted by Crippen LogP contribution is 2.34. The lowest BCUT2D eigenvalue weighted by Gasteiger charge is -2.33. The highest BCUT2D eigenvalue weighted by Gasteiger charge is 2.34. The van der Waals surface area contributed by atoms with Crippen molar-refractivity contribution in [1.29, 1.82) is 0 Å². The van der Waals surface area contributed by atoms with Crippen molar-refractivity contribution in [1.82, 2.24) is 4.72 Å². The Morgan fingerprint density at radius 3 is 2.67 bits per heavy atom. The van der Waals surface area contributed by atoms with Gasteiger partial charge in [-0.1, -0.05) is 23.7 Å². The average Bonchev–Trinajstić information content (AvgIpc) is 2.81. The molecule has 0 radical (unpaired) electrons. The van der Waals surface area contributed by atoms with Crippen LogP contribution >= 0.6 is 11.6 Å². The predicted octanol–water partition coefficient (Wildman–Crippen LogP) is 1.61. The van der Waals surface area contributed by atoms with Crippen LogP contribution in [-0.4, -0.2) is 66.9 Å². The Morgan fingerprint density at radius 2 is 1.97 bits per heavy atom. The van der Waals surface area contributed by atoms with Gasteiger partial charge in [-0.2, -0.15) is 0 Å². The lowest BCUT2D eigenvalue weighted by atomic mass is 10.2. The molecule has 33 heavy (non-hydrogen) atoms. The summed E-state index contributed by atoms with van der Waals surface area (Å²) in [7, 11) is -1.07.